The van der Waals surface area contributed by atoms with Gasteiger partial charge in [0.1, 0.15) is 18.0 Å². The smallest absolute Gasteiger partial charge is 0.368 e. The molecule has 7 nitrogen and oxygen atoms in total. The van der Waals surface area contributed by atoms with Crippen LogP contribution < -0.4 is 20.9 Å². The van der Waals surface area contributed by atoms with Crippen LogP contribution >= 0.6 is 11.6 Å². The van der Waals surface area contributed by atoms with Crippen molar-refractivity contribution in [3.63, 3.8) is 0 Å². The molecule has 0 spiro atoms. The molecule has 0 atom stereocenters. The molecule has 2 heterocycles. The fourth-order valence-corrected chi connectivity index (χ4v) is 3.15. The van der Waals surface area contributed by atoms with E-state index in [0.29, 0.717) is 12.4 Å². The largest absolute Gasteiger partial charge is 0.417 e. The summed E-state index contributed by atoms with van der Waals surface area (Å²) < 4.78 is 38.6. The Labute approximate surface area is 170 Å². The van der Waals surface area contributed by atoms with Crippen LogP contribution in [-0.2, 0) is 6.18 Å². The van der Waals surface area contributed by atoms with E-state index in [9.17, 15) is 18.0 Å². The number of carbonyl (C=O) groups excluding carboxylic acids is 1. The van der Waals surface area contributed by atoms with Crippen LogP contribution in [0.5, 0.6) is 0 Å². The molecular formula is C18H20ClF3N6O. The van der Waals surface area contributed by atoms with E-state index in [-0.39, 0.29) is 12.2 Å². The number of nitrogens with zero attached hydrogens (tertiary/aromatic N) is 3. The molecule has 156 valence electrons. The maximum absolute atomic E-state index is 12.9. The normalized spacial score (nSPS) is 14.0. The molecule has 0 radical (unpaired) electrons. The maximum Gasteiger partial charge on any atom is 0.417 e. The van der Waals surface area contributed by atoms with Crippen LogP contribution in [0, 0.1) is 0 Å². The van der Waals surface area contributed by atoms with Crippen molar-refractivity contribution in [3.8, 4) is 0 Å². The van der Waals surface area contributed by atoms with Crippen molar-refractivity contribution in [2.24, 2.45) is 0 Å². The number of urea groups is 1. The lowest BCUT2D eigenvalue weighted by Gasteiger charge is -2.16. The molecule has 2 amide bonds. The van der Waals surface area contributed by atoms with Gasteiger partial charge in [0.25, 0.3) is 0 Å². The Bertz CT molecular complexity index is 858. The van der Waals surface area contributed by atoms with Gasteiger partial charge in [0.15, 0.2) is 0 Å². The molecular weight excluding hydrogens is 409 g/mol. The van der Waals surface area contributed by atoms with E-state index >= 15 is 0 Å². The molecule has 0 unspecified atom stereocenters. The Kier molecular flexibility index (Phi) is 6.63. The number of carbonyl (C=O) groups is 1. The number of rotatable bonds is 6. The Morgan fingerprint density at radius 2 is 1.90 bits per heavy atom. The van der Waals surface area contributed by atoms with E-state index in [1.165, 1.54) is 12.4 Å². The molecule has 1 saturated heterocycles. The van der Waals surface area contributed by atoms with E-state index in [1.807, 2.05) is 6.07 Å². The first-order valence-corrected chi connectivity index (χ1v) is 9.43. The number of halogens is 4. The van der Waals surface area contributed by atoms with Gasteiger partial charge in [-0.25, -0.2) is 14.8 Å². The minimum atomic E-state index is -4.60. The van der Waals surface area contributed by atoms with Crippen LogP contribution in [0.25, 0.3) is 0 Å². The van der Waals surface area contributed by atoms with Gasteiger partial charge in [-0.05, 0) is 31.0 Å². The molecule has 1 aromatic heterocycles. The van der Waals surface area contributed by atoms with Gasteiger partial charge in [-0.1, -0.05) is 11.6 Å². The Hall–Kier alpha value is -2.75. The zero-order chi connectivity index (χ0) is 20.9. The molecule has 3 rings (SSSR count). The molecule has 3 N–H and O–H groups in total. The van der Waals surface area contributed by atoms with Crippen molar-refractivity contribution >= 4 is 35.0 Å². The first-order chi connectivity index (χ1) is 13.8. The summed E-state index contributed by atoms with van der Waals surface area (Å²) in [6.45, 7) is 2.57. The maximum atomic E-state index is 12.9. The molecule has 11 heteroatoms. The van der Waals surface area contributed by atoms with E-state index in [2.05, 4.69) is 30.8 Å². The number of hydrogen-bond acceptors (Lipinski definition) is 5. The summed E-state index contributed by atoms with van der Waals surface area (Å²) >= 11 is 5.56. The fourth-order valence-electron chi connectivity index (χ4n) is 2.93. The molecule has 0 bridgehead atoms. The van der Waals surface area contributed by atoms with Crippen LogP contribution in [-0.4, -0.2) is 42.2 Å². The average Bonchev–Trinajstić information content (AvgIpc) is 3.21. The van der Waals surface area contributed by atoms with Crippen LogP contribution in [0.1, 0.15) is 18.4 Å². The van der Waals surface area contributed by atoms with E-state index in [1.54, 1.807) is 0 Å². The first kappa shape index (κ1) is 21.0. The van der Waals surface area contributed by atoms with Gasteiger partial charge in [-0.3, -0.25) is 0 Å². The van der Waals surface area contributed by atoms with Gasteiger partial charge in [0.2, 0.25) is 0 Å². The second-order valence-corrected chi connectivity index (χ2v) is 6.86. The zero-order valence-electron chi connectivity index (χ0n) is 15.4. The van der Waals surface area contributed by atoms with Crippen molar-refractivity contribution in [1.82, 2.24) is 15.3 Å². The molecule has 1 aliphatic rings. The van der Waals surface area contributed by atoms with Gasteiger partial charge in [0.05, 0.1) is 10.6 Å². The Morgan fingerprint density at radius 1 is 1.14 bits per heavy atom. The highest BCUT2D eigenvalue weighted by Crippen LogP contribution is 2.36. The molecule has 1 aliphatic heterocycles. The monoisotopic (exact) mass is 428 g/mol. The van der Waals surface area contributed by atoms with Gasteiger partial charge in [-0.15, -0.1) is 0 Å². The fraction of sp³-hybridized carbons (Fsp3) is 0.389. The summed E-state index contributed by atoms with van der Waals surface area (Å²) in [5.41, 5.74) is -1.01. The molecule has 29 heavy (non-hydrogen) atoms. The van der Waals surface area contributed by atoms with Crippen LogP contribution in [0.15, 0.2) is 30.6 Å². The SMILES string of the molecule is O=C(NCCNc1cc(N2CCCC2)ncn1)Nc1ccc(Cl)c(C(F)(F)F)c1. The predicted octanol–water partition coefficient (Wildman–Crippen LogP) is 3.98. The third-order valence-electron chi connectivity index (χ3n) is 4.33. The third-order valence-corrected chi connectivity index (χ3v) is 4.66. The number of alkyl halides is 3. The lowest BCUT2D eigenvalue weighted by molar-refractivity contribution is -0.137. The summed E-state index contributed by atoms with van der Waals surface area (Å²) in [5.74, 6) is 1.49. The molecule has 1 fully saturated rings. The summed E-state index contributed by atoms with van der Waals surface area (Å²) in [4.78, 5) is 22.5. The van der Waals surface area contributed by atoms with Gasteiger partial charge in [-0.2, -0.15) is 13.2 Å². The topological polar surface area (TPSA) is 82.2 Å². The van der Waals surface area contributed by atoms with Crippen LogP contribution in [0.3, 0.4) is 0 Å². The van der Waals surface area contributed by atoms with Gasteiger partial charge in [0, 0.05) is 37.9 Å². The lowest BCUT2D eigenvalue weighted by Crippen LogP contribution is -2.32. The standard InChI is InChI=1S/C18H20ClF3N6O/c19-14-4-3-12(9-13(14)18(20,21)22)27-17(29)24-6-5-23-15-10-16(26-11-25-15)28-7-1-2-8-28/h3-4,9-11H,1-2,5-8H2,(H,23,25,26)(H2,24,27,29). The highest BCUT2D eigenvalue weighted by Gasteiger charge is 2.33. The third kappa shape index (κ3) is 5.86. The van der Waals surface area contributed by atoms with E-state index in [0.717, 1.165) is 43.9 Å². The second-order valence-electron chi connectivity index (χ2n) is 6.46. The highest BCUT2D eigenvalue weighted by atomic mass is 35.5. The summed E-state index contributed by atoms with van der Waals surface area (Å²) in [5, 5.41) is 7.57. The van der Waals surface area contributed by atoms with Crippen molar-refractivity contribution in [2.45, 2.75) is 19.0 Å². The lowest BCUT2D eigenvalue weighted by atomic mass is 10.2. The number of benzene rings is 1. The number of aromatic nitrogens is 2. The summed E-state index contributed by atoms with van der Waals surface area (Å²) in [7, 11) is 0. The zero-order valence-corrected chi connectivity index (χ0v) is 16.1. The average molecular weight is 429 g/mol. The minimum absolute atomic E-state index is 0.00163. The van der Waals surface area contributed by atoms with Crippen molar-refractivity contribution in [2.75, 3.05) is 41.7 Å². The van der Waals surface area contributed by atoms with Crippen molar-refractivity contribution in [3.05, 3.63) is 41.2 Å². The van der Waals surface area contributed by atoms with Crippen LogP contribution in [0.2, 0.25) is 5.02 Å². The highest BCUT2D eigenvalue weighted by molar-refractivity contribution is 6.31. The van der Waals surface area contributed by atoms with E-state index in [4.69, 9.17) is 11.6 Å². The predicted molar refractivity (Wildman–Crippen MR) is 105 cm³/mol. The van der Waals surface area contributed by atoms with Gasteiger partial charge >= 0.3 is 12.2 Å². The van der Waals surface area contributed by atoms with Crippen molar-refractivity contribution < 1.29 is 18.0 Å². The van der Waals surface area contributed by atoms with Crippen LogP contribution in [0.4, 0.5) is 35.3 Å². The van der Waals surface area contributed by atoms with Gasteiger partial charge < -0.3 is 20.9 Å². The summed E-state index contributed by atoms with van der Waals surface area (Å²) in [6.07, 6.45) is -0.830. The number of hydrogen-bond donors (Lipinski definition) is 3. The first-order valence-electron chi connectivity index (χ1n) is 9.05. The quantitative estimate of drug-likeness (QED) is 0.606. The second kappa shape index (κ2) is 9.17. The summed E-state index contributed by atoms with van der Waals surface area (Å²) in [6, 6.07) is 4.41. The van der Waals surface area contributed by atoms with Crippen molar-refractivity contribution in [1.29, 1.82) is 0 Å². The number of amides is 2. The molecule has 0 saturated carbocycles. The minimum Gasteiger partial charge on any atom is -0.368 e. The molecule has 2 aromatic rings. The molecule has 1 aromatic carbocycles. The Balaban J connectivity index is 1.45. The number of nitrogens with one attached hydrogen (secondary N) is 3. The number of anilines is 3. The Morgan fingerprint density at radius 3 is 2.62 bits per heavy atom. The molecule has 0 aliphatic carbocycles. The van der Waals surface area contributed by atoms with E-state index < -0.39 is 22.8 Å².